The summed E-state index contributed by atoms with van der Waals surface area (Å²) < 4.78 is 16.4. The summed E-state index contributed by atoms with van der Waals surface area (Å²) >= 11 is 0. The number of nitrogens with one attached hydrogen (secondary N) is 1. The predicted octanol–water partition coefficient (Wildman–Crippen LogP) is 4.88. The molecule has 2 aromatic rings. The van der Waals surface area contributed by atoms with Crippen LogP contribution in [0.4, 0.5) is 0 Å². The van der Waals surface area contributed by atoms with Gasteiger partial charge in [0.15, 0.2) is 0 Å². The third kappa shape index (κ3) is 8.19. The number of fused-ring (bicyclic) bond motifs is 1. The lowest BCUT2D eigenvalue weighted by Crippen LogP contribution is -2.45. The molecule has 1 aliphatic rings. The Labute approximate surface area is 215 Å². The summed E-state index contributed by atoms with van der Waals surface area (Å²) in [6, 6.07) is 14.3. The molecule has 0 fully saturated rings. The molecule has 36 heavy (non-hydrogen) atoms. The van der Waals surface area contributed by atoms with Gasteiger partial charge in [-0.3, -0.25) is 0 Å². The highest BCUT2D eigenvalue weighted by Gasteiger charge is 2.28. The lowest BCUT2D eigenvalue weighted by molar-refractivity contribution is -0.137. The summed E-state index contributed by atoms with van der Waals surface area (Å²) in [6.45, 7) is 9.07. The minimum Gasteiger partial charge on any atom is -0.497 e. The molecule has 1 aliphatic carbocycles. The smallest absolute Gasteiger partial charge is 0.330 e. The van der Waals surface area contributed by atoms with Crippen LogP contribution >= 0.6 is 0 Å². The molecule has 0 bridgehead atoms. The van der Waals surface area contributed by atoms with Gasteiger partial charge in [-0.25, -0.2) is 4.79 Å². The molecule has 0 spiro atoms. The lowest BCUT2D eigenvalue weighted by atomic mass is 9.88. The number of carbonyl (C=O) groups is 1. The van der Waals surface area contributed by atoms with Crippen LogP contribution in [0.15, 0.2) is 48.5 Å². The van der Waals surface area contributed by atoms with Crippen LogP contribution in [0.3, 0.4) is 0 Å². The molecule has 0 saturated heterocycles. The molecule has 3 rings (SSSR count). The second-order valence-electron chi connectivity index (χ2n) is 10.2. The molecular formula is C30H41NO5. The Morgan fingerprint density at radius 1 is 1.19 bits per heavy atom. The number of aliphatic hydroxyl groups is 1. The maximum Gasteiger partial charge on any atom is 0.330 e. The Kier molecular flexibility index (Phi) is 10.1. The van der Waals surface area contributed by atoms with Crippen molar-refractivity contribution >= 4 is 12.0 Å². The zero-order valence-corrected chi connectivity index (χ0v) is 22.3. The van der Waals surface area contributed by atoms with E-state index in [1.807, 2.05) is 25.1 Å². The van der Waals surface area contributed by atoms with Gasteiger partial charge >= 0.3 is 5.97 Å². The SMILES string of the molecule is CCOC(=O)/C=C/c1ccc(OC)cc1[C@@H](C)OC[C@H](O)CNC(C)(C)CC1Cc2ccccc2C1. The van der Waals surface area contributed by atoms with Crippen molar-refractivity contribution in [2.24, 2.45) is 5.92 Å². The molecule has 196 valence electrons. The first-order chi connectivity index (χ1) is 17.2. The van der Waals surface area contributed by atoms with Gasteiger partial charge < -0.3 is 24.6 Å². The lowest BCUT2D eigenvalue weighted by Gasteiger charge is -2.31. The highest BCUT2D eigenvalue weighted by Crippen LogP contribution is 2.32. The Morgan fingerprint density at radius 2 is 1.89 bits per heavy atom. The van der Waals surface area contributed by atoms with Crippen LogP contribution < -0.4 is 10.1 Å². The number of carbonyl (C=O) groups excluding carboxylic acids is 1. The minimum absolute atomic E-state index is 0.0861. The Balaban J connectivity index is 1.50. The van der Waals surface area contributed by atoms with E-state index in [0.29, 0.717) is 24.8 Å². The number of hydrogen-bond acceptors (Lipinski definition) is 6. The third-order valence-corrected chi connectivity index (χ3v) is 6.71. The number of rotatable bonds is 13. The summed E-state index contributed by atoms with van der Waals surface area (Å²) in [5.41, 5.74) is 4.56. The second kappa shape index (κ2) is 13.0. The topological polar surface area (TPSA) is 77.0 Å². The van der Waals surface area contributed by atoms with Gasteiger partial charge in [0.05, 0.1) is 32.5 Å². The largest absolute Gasteiger partial charge is 0.497 e. The van der Waals surface area contributed by atoms with Crippen molar-refractivity contribution in [1.82, 2.24) is 5.32 Å². The fraction of sp³-hybridized carbons (Fsp3) is 0.500. The first-order valence-corrected chi connectivity index (χ1v) is 12.8. The number of aliphatic hydroxyl groups excluding tert-OH is 1. The fourth-order valence-electron chi connectivity index (χ4n) is 4.92. The first kappa shape index (κ1) is 27.9. The monoisotopic (exact) mass is 495 g/mol. The number of ether oxygens (including phenoxy) is 3. The van der Waals surface area contributed by atoms with E-state index < -0.39 is 12.1 Å². The van der Waals surface area contributed by atoms with Crippen LogP contribution in [0.2, 0.25) is 0 Å². The molecule has 2 N–H and O–H groups in total. The van der Waals surface area contributed by atoms with Crippen LogP contribution in [0.25, 0.3) is 6.08 Å². The first-order valence-electron chi connectivity index (χ1n) is 12.8. The second-order valence-corrected chi connectivity index (χ2v) is 10.2. The highest BCUT2D eigenvalue weighted by atomic mass is 16.5. The maximum atomic E-state index is 11.7. The van der Waals surface area contributed by atoms with E-state index in [4.69, 9.17) is 14.2 Å². The number of esters is 1. The van der Waals surface area contributed by atoms with Crippen LogP contribution in [-0.4, -0.2) is 49.6 Å². The van der Waals surface area contributed by atoms with Crippen molar-refractivity contribution in [3.05, 3.63) is 70.8 Å². The van der Waals surface area contributed by atoms with E-state index in [1.54, 1.807) is 20.1 Å². The normalized spacial score (nSPS) is 15.6. The molecule has 2 atom stereocenters. The van der Waals surface area contributed by atoms with Crippen LogP contribution in [-0.2, 0) is 27.1 Å². The summed E-state index contributed by atoms with van der Waals surface area (Å²) in [5.74, 6) is 0.928. The van der Waals surface area contributed by atoms with Gasteiger partial charge in [-0.15, -0.1) is 0 Å². The zero-order valence-electron chi connectivity index (χ0n) is 22.3. The third-order valence-electron chi connectivity index (χ3n) is 6.71. The standard InChI is InChI=1S/C30H41NO5/c1-6-35-29(33)14-12-23-11-13-27(34-5)17-28(23)21(2)36-20-26(32)19-31-30(3,4)18-22-15-24-9-7-8-10-25(24)16-22/h7-14,17,21-22,26,31-32H,6,15-16,18-20H2,1-5H3/b14-12+/t21-,26-/m1/s1. The molecule has 2 aromatic carbocycles. The van der Waals surface area contributed by atoms with Gasteiger partial charge in [0.2, 0.25) is 0 Å². The maximum absolute atomic E-state index is 11.7. The molecule has 0 amide bonds. The van der Waals surface area contributed by atoms with Crippen LogP contribution in [0.1, 0.15) is 62.5 Å². The summed E-state index contributed by atoms with van der Waals surface area (Å²) in [5, 5.41) is 14.2. The van der Waals surface area contributed by atoms with Crippen molar-refractivity contribution < 1.29 is 24.1 Å². The molecule has 0 aliphatic heterocycles. The Bertz CT molecular complexity index is 1010. The van der Waals surface area contributed by atoms with Crippen molar-refractivity contribution in [3.63, 3.8) is 0 Å². The minimum atomic E-state index is -0.642. The molecule has 0 radical (unpaired) electrons. The van der Waals surface area contributed by atoms with Crippen molar-refractivity contribution in [2.75, 3.05) is 26.9 Å². The predicted molar refractivity (Wildman–Crippen MR) is 143 cm³/mol. The van der Waals surface area contributed by atoms with E-state index in [1.165, 1.54) is 17.2 Å². The summed E-state index contributed by atoms with van der Waals surface area (Å²) in [4.78, 5) is 11.7. The zero-order chi connectivity index (χ0) is 26.1. The van der Waals surface area contributed by atoms with E-state index >= 15 is 0 Å². The molecular weight excluding hydrogens is 454 g/mol. The fourth-order valence-corrected chi connectivity index (χ4v) is 4.92. The van der Waals surface area contributed by atoms with Crippen LogP contribution in [0.5, 0.6) is 5.75 Å². The van der Waals surface area contributed by atoms with Gasteiger partial charge in [-0.05, 0) is 93.3 Å². The van der Waals surface area contributed by atoms with Gasteiger partial charge in [0.25, 0.3) is 0 Å². The Morgan fingerprint density at radius 3 is 2.53 bits per heavy atom. The van der Waals surface area contributed by atoms with E-state index in [0.717, 1.165) is 30.4 Å². The van der Waals surface area contributed by atoms with E-state index in [2.05, 4.69) is 43.4 Å². The molecule has 0 saturated carbocycles. The summed E-state index contributed by atoms with van der Waals surface area (Å²) in [6.07, 6.45) is 5.47. The molecule has 0 aromatic heterocycles. The number of hydrogen-bond donors (Lipinski definition) is 2. The number of β-amino-alcohol motifs (C(OH)–C–C–N with tert-alkyl or cyclic N) is 1. The molecule has 6 heteroatoms. The Hall–Kier alpha value is -2.67. The van der Waals surface area contributed by atoms with Gasteiger partial charge in [-0.2, -0.15) is 0 Å². The van der Waals surface area contributed by atoms with Crippen molar-refractivity contribution in [1.29, 1.82) is 0 Å². The molecule has 6 nitrogen and oxygen atoms in total. The number of benzene rings is 2. The highest BCUT2D eigenvalue weighted by molar-refractivity contribution is 5.87. The summed E-state index contributed by atoms with van der Waals surface area (Å²) in [7, 11) is 1.61. The van der Waals surface area contributed by atoms with E-state index in [9.17, 15) is 9.90 Å². The van der Waals surface area contributed by atoms with Gasteiger partial charge in [-0.1, -0.05) is 30.3 Å². The van der Waals surface area contributed by atoms with E-state index in [-0.39, 0.29) is 18.2 Å². The van der Waals surface area contributed by atoms with Gasteiger partial charge in [0, 0.05) is 18.2 Å². The quantitative estimate of drug-likeness (QED) is 0.305. The molecule has 0 heterocycles. The van der Waals surface area contributed by atoms with Gasteiger partial charge in [0.1, 0.15) is 5.75 Å². The average Bonchev–Trinajstić information content (AvgIpc) is 3.26. The molecule has 0 unspecified atom stereocenters. The van der Waals surface area contributed by atoms with Crippen molar-refractivity contribution in [3.8, 4) is 5.75 Å². The van der Waals surface area contributed by atoms with Crippen LogP contribution in [0, 0.1) is 5.92 Å². The van der Waals surface area contributed by atoms with Crippen molar-refractivity contribution in [2.45, 2.75) is 64.7 Å². The average molecular weight is 496 g/mol. The number of methoxy groups -OCH3 is 1.